The van der Waals surface area contributed by atoms with Gasteiger partial charge < -0.3 is 0 Å². The molecule has 5 nitrogen and oxygen atoms in total. The second-order valence-corrected chi connectivity index (χ2v) is 4.53. The van der Waals surface area contributed by atoms with Crippen molar-refractivity contribution in [2.45, 2.75) is 12.6 Å². The molecule has 0 heterocycles. The topological polar surface area (TPSA) is 73.2 Å². The molecule has 0 saturated carbocycles. The summed E-state index contributed by atoms with van der Waals surface area (Å²) < 4.78 is 59.3. The lowest BCUT2D eigenvalue weighted by molar-refractivity contribution is -0.121. The van der Waals surface area contributed by atoms with Gasteiger partial charge in [0.1, 0.15) is 6.54 Å². The molecule has 0 rings (SSSR count). The molecule has 0 aliphatic heterocycles. The van der Waals surface area contributed by atoms with Crippen LogP contribution in [0.4, 0.5) is 13.2 Å². The maximum absolute atomic E-state index is 11.7. The molecule has 1 N–H and O–H groups in total. The van der Waals surface area contributed by atoms with Crippen molar-refractivity contribution < 1.29 is 21.6 Å². The van der Waals surface area contributed by atoms with Gasteiger partial charge in [-0.2, -0.15) is 35.9 Å². The van der Waals surface area contributed by atoms with Crippen LogP contribution < -0.4 is 4.72 Å². The van der Waals surface area contributed by atoms with Crippen molar-refractivity contribution in [2.24, 2.45) is 0 Å². The molecule has 0 atom stereocenters. The van der Waals surface area contributed by atoms with Crippen molar-refractivity contribution >= 4 is 10.2 Å². The first-order valence-electron chi connectivity index (χ1n) is 3.83. The number of hydrogen-bond donors (Lipinski definition) is 1. The molecule has 0 radical (unpaired) electrons. The van der Waals surface area contributed by atoms with Crippen molar-refractivity contribution in [3.8, 4) is 6.07 Å². The van der Waals surface area contributed by atoms with Crippen LogP contribution in [0.25, 0.3) is 0 Å². The highest BCUT2D eigenvalue weighted by Crippen LogP contribution is 2.13. The molecule has 0 aliphatic carbocycles. The molecule has 15 heavy (non-hydrogen) atoms. The number of halogens is 3. The number of nitriles is 1. The fourth-order valence-electron chi connectivity index (χ4n) is 0.611. The van der Waals surface area contributed by atoms with E-state index in [1.165, 1.54) is 4.72 Å². The molecule has 0 aromatic rings. The predicted octanol–water partition coefficient (Wildman–Crippen LogP) is 0.229. The van der Waals surface area contributed by atoms with Gasteiger partial charge in [0.2, 0.25) is 0 Å². The Labute approximate surface area is 85.7 Å². The van der Waals surface area contributed by atoms with Gasteiger partial charge in [-0.1, -0.05) is 0 Å². The first kappa shape index (κ1) is 14.2. The number of alkyl halides is 3. The van der Waals surface area contributed by atoms with E-state index in [1.807, 2.05) is 0 Å². The highest BCUT2D eigenvalue weighted by Gasteiger charge is 2.30. The quantitative estimate of drug-likeness (QED) is 0.753. The lowest BCUT2D eigenvalue weighted by Crippen LogP contribution is -2.42. The first-order chi connectivity index (χ1) is 6.69. The van der Waals surface area contributed by atoms with Gasteiger partial charge in [0.25, 0.3) is 10.2 Å². The first-order valence-corrected chi connectivity index (χ1v) is 5.27. The number of nitrogens with one attached hydrogen (secondary N) is 1. The Balaban J connectivity index is 4.25. The highest BCUT2D eigenvalue weighted by molar-refractivity contribution is 7.87. The number of rotatable bonds is 5. The van der Waals surface area contributed by atoms with Crippen molar-refractivity contribution in [1.29, 1.82) is 5.26 Å². The van der Waals surface area contributed by atoms with Gasteiger partial charge in [0.05, 0.1) is 6.07 Å². The summed E-state index contributed by atoms with van der Waals surface area (Å²) in [6, 6.07) is 1.69. The lowest BCUT2D eigenvalue weighted by Gasteiger charge is -2.16. The number of hydrogen-bond acceptors (Lipinski definition) is 3. The molecule has 0 amide bonds. The van der Waals surface area contributed by atoms with E-state index in [-0.39, 0.29) is 13.0 Å². The lowest BCUT2D eigenvalue weighted by atomic mass is 10.5. The Bertz CT molecular complexity index is 333. The van der Waals surface area contributed by atoms with Crippen LogP contribution in [0.5, 0.6) is 0 Å². The zero-order chi connectivity index (χ0) is 12.1. The van der Waals surface area contributed by atoms with E-state index in [0.717, 1.165) is 7.05 Å². The predicted molar refractivity (Wildman–Crippen MR) is 45.8 cm³/mol. The van der Waals surface area contributed by atoms with Crippen molar-refractivity contribution in [1.82, 2.24) is 9.03 Å². The minimum absolute atomic E-state index is 0.0799. The number of nitrogens with zero attached hydrogens (tertiary/aromatic N) is 2. The Morgan fingerprint density at radius 3 is 2.40 bits per heavy atom. The Kier molecular flexibility index (Phi) is 4.99. The molecular formula is C6H10F3N3O2S. The van der Waals surface area contributed by atoms with Gasteiger partial charge >= 0.3 is 6.18 Å². The maximum Gasteiger partial charge on any atom is 0.402 e. The molecule has 0 fully saturated rings. The van der Waals surface area contributed by atoms with E-state index in [2.05, 4.69) is 0 Å². The van der Waals surface area contributed by atoms with Crippen LogP contribution in [0, 0.1) is 11.3 Å². The van der Waals surface area contributed by atoms with Crippen LogP contribution in [-0.4, -0.2) is 39.0 Å². The van der Waals surface area contributed by atoms with E-state index in [4.69, 9.17) is 5.26 Å². The molecule has 0 spiro atoms. The molecule has 0 saturated heterocycles. The third kappa shape index (κ3) is 6.27. The summed E-state index contributed by atoms with van der Waals surface area (Å²) in [6.45, 7) is -1.77. The average molecular weight is 245 g/mol. The van der Waals surface area contributed by atoms with E-state index >= 15 is 0 Å². The molecule has 0 unspecified atom stereocenters. The molecular weight excluding hydrogens is 235 g/mol. The standard InChI is InChI=1S/C6H10F3N3O2S/c1-12(4-2-3-10)15(13,14)11-5-6(7,8)9/h11H,2,4-5H2,1H3. The van der Waals surface area contributed by atoms with Gasteiger partial charge in [-0.3, -0.25) is 0 Å². The second-order valence-electron chi connectivity index (χ2n) is 2.67. The maximum atomic E-state index is 11.7. The summed E-state index contributed by atoms with van der Waals surface area (Å²) in [5.41, 5.74) is 0. The second kappa shape index (κ2) is 5.29. The third-order valence-electron chi connectivity index (χ3n) is 1.40. The van der Waals surface area contributed by atoms with Gasteiger partial charge in [-0.15, -0.1) is 0 Å². The fraction of sp³-hybridized carbons (Fsp3) is 0.833. The van der Waals surface area contributed by atoms with E-state index in [9.17, 15) is 21.6 Å². The highest BCUT2D eigenvalue weighted by atomic mass is 32.2. The summed E-state index contributed by atoms with van der Waals surface area (Å²) in [4.78, 5) is 0. The summed E-state index contributed by atoms with van der Waals surface area (Å²) >= 11 is 0. The Morgan fingerprint density at radius 1 is 1.47 bits per heavy atom. The van der Waals surface area contributed by atoms with Crippen LogP contribution in [0.3, 0.4) is 0 Å². The van der Waals surface area contributed by atoms with Crippen molar-refractivity contribution in [3.05, 3.63) is 0 Å². The van der Waals surface area contributed by atoms with Crippen molar-refractivity contribution in [3.63, 3.8) is 0 Å². The average Bonchev–Trinajstić information content (AvgIpc) is 2.10. The molecule has 88 valence electrons. The zero-order valence-corrected chi connectivity index (χ0v) is 8.69. The fourth-order valence-corrected chi connectivity index (χ4v) is 1.51. The summed E-state index contributed by atoms with van der Waals surface area (Å²) in [6.07, 6.45) is -4.67. The monoisotopic (exact) mass is 245 g/mol. The molecule has 9 heteroatoms. The summed E-state index contributed by atoms with van der Waals surface area (Å²) in [7, 11) is -3.06. The SMILES string of the molecule is CN(CCC#N)S(=O)(=O)NCC(F)(F)F. The van der Waals surface area contributed by atoms with Gasteiger partial charge in [0.15, 0.2) is 0 Å². The third-order valence-corrected chi connectivity index (χ3v) is 2.92. The van der Waals surface area contributed by atoms with E-state index < -0.39 is 22.9 Å². The van der Waals surface area contributed by atoms with Crippen LogP contribution >= 0.6 is 0 Å². The Hall–Kier alpha value is -0.850. The van der Waals surface area contributed by atoms with Gasteiger partial charge in [0, 0.05) is 20.0 Å². The van der Waals surface area contributed by atoms with E-state index in [0.29, 0.717) is 4.31 Å². The molecule has 0 bridgehead atoms. The van der Waals surface area contributed by atoms with E-state index in [1.54, 1.807) is 6.07 Å². The minimum atomic E-state index is -4.59. The van der Waals surface area contributed by atoms with Gasteiger partial charge in [-0.25, -0.2) is 0 Å². The van der Waals surface area contributed by atoms with Crippen LogP contribution in [-0.2, 0) is 10.2 Å². The Morgan fingerprint density at radius 2 is 2.00 bits per heavy atom. The van der Waals surface area contributed by atoms with Crippen LogP contribution in [0.15, 0.2) is 0 Å². The van der Waals surface area contributed by atoms with Gasteiger partial charge in [-0.05, 0) is 0 Å². The smallest absolute Gasteiger partial charge is 0.198 e. The summed E-state index contributed by atoms with van der Waals surface area (Å²) in [5, 5.41) is 8.17. The largest absolute Gasteiger partial charge is 0.402 e. The normalized spacial score (nSPS) is 12.8. The summed E-state index contributed by atoms with van der Waals surface area (Å²) in [5.74, 6) is 0. The molecule has 0 aromatic carbocycles. The zero-order valence-electron chi connectivity index (χ0n) is 7.87. The molecule has 0 aromatic heterocycles. The van der Waals surface area contributed by atoms with Crippen LogP contribution in [0.2, 0.25) is 0 Å². The minimum Gasteiger partial charge on any atom is -0.198 e. The van der Waals surface area contributed by atoms with Crippen molar-refractivity contribution in [2.75, 3.05) is 20.1 Å². The molecule has 0 aliphatic rings. The van der Waals surface area contributed by atoms with Crippen LogP contribution in [0.1, 0.15) is 6.42 Å².